The Balaban J connectivity index is 1.21. The Kier molecular flexibility index (Phi) is 13.2. The van der Waals surface area contributed by atoms with E-state index in [0.717, 1.165) is 69.2 Å². The molecule has 1 aromatic rings. The molecule has 2 fully saturated rings. The summed E-state index contributed by atoms with van der Waals surface area (Å²) >= 11 is 0. The summed E-state index contributed by atoms with van der Waals surface area (Å²) in [5, 5.41) is 39.8. The highest BCUT2D eigenvalue weighted by molar-refractivity contribution is 5.85. The topological polar surface area (TPSA) is 154 Å². The maximum atomic E-state index is 13.5. The number of rotatable bonds is 14. The highest BCUT2D eigenvalue weighted by Crippen LogP contribution is 2.37. The van der Waals surface area contributed by atoms with Crippen molar-refractivity contribution in [1.29, 1.82) is 0 Å². The van der Waals surface area contributed by atoms with E-state index in [1.165, 1.54) is 18.3 Å². The van der Waals surface area contributed by atoms with Crippen LogP contribution in [-0.2, 0) is 16.0 Å². The number of aryl methyl sites for hydroxylation is 1. The summed E-state index contributed by atoms with van der Waals surface area (Å²) in [6.45, 7) is 3.81. The molecule has 0 bridgehead atoms. The zero-order valence-electron chi connectivity index (χ0n) is 29.4. The van der Waals surface area contributed by atoms with Crippen LogP contribution in [0, 0.1) is 29.6 Å². The van der Waals surface area contributed by atoms with Crippen LogP contribution in [0.15, 0.2) is 35.2 Å². The van der Waals surface area contributed by atoms with Gasteiger partial charge < -0.3 is 36.4 Å². The third kappa shape index (κ3) is 9.90. The molecule has 4 aliphatic rings. The second kappa shape index (κ2) is 17.6. The number of fused-ring (bicyclic) bond motifs is 2. The first-order chi connectivity index (χ1) is 23.6. The molecular weight excluding hydrogens is 618 g/mol. The molecule has 2 aliphatic carbocycles. The van der Waals surface area contributed by atoms with Crippen LogP contribution in [-0.4, -0.2) is 65.3 Å². The minimum absolute atomic E-state index is 0.0192. The smallest absolute Gasteiger partial charge is 0.160 e. The first kappa shape index (κ1) is 36.9. The van der Waals surface area contributed by atoms with E-state index < -0.39 is 18.1 Å². The lowest BCUT2D eigenvalue weighted by atomic mass is 9.74. The van der Waals surface area contributed by atoms with Gasteiger partial charge in [-0.05, 0) is 123 Å². The van der Waals surface area contributed by atoms with E-state index in [1.54, 1.807) is 12.1 Å². The van der Waals surface area contributed by atoms with Crippen molar-refractivity contribution in [2.75, 3.05) is 20.2 Å². The molecule has 0 spiro atoms. The maximum absolute atomic E-state index is 13.5. The lowest BCUT2D eigenvalue weighted by molar-refractivity contribution is -0.124. The van der Waals surface area contributed by atoms with Gasteiger partial charge in [-0.2, -0.15) is 0 Å². The van der Waals surface area contributed by atoms with E-state index in [2.05, 4.69) is 29.4 Å². The molecule has 7 atom stereocenters. The number of ketones is 2. The largest absolute Gasteiger partial charge is 0.504 e. The number of hydrogen-bond acceptors (Lipinski definition) is 9. The van der Waals surface area contributed by atoms with Crippen LogP contribution in [0.2, 0.25) is 0 Å². The van der Waals surface area contributed by atoms with E-state index in [1.807, 2.05) is 6.08 Å². The fourth-order valence-electron chi connectivity index (χ4n) is 8.31. The minimum atomic E-state index is -0.847. The normalized spacial score (nSPS) is 26.9. The number of carbonyl (C=O) groups excluding carboxylic acids is 2. The number of ether oxygens (including phenoxy) is 1. The van der Waals surface area contributed by atoms with Gasteiger partial charge in [0.2, 0.25) is 0 Å². The second-order valence-corrected chi connectivity index (χ2v) is 14.7. The summed E-state index contributed by atoms with van der Waals surface area (Å²) in [5.74, 6) is 7.93. The summed E-state index contributed by atoms with van der Waals surface area (Å²) in [6.07, 6.45) is 11.5. The fourth-order valence-corrected chi connectivity index (χ4v) is 8.31. The summed E-state index contributed by atoms with van der Waals surface area (Å²) in [7, 11) is 1.51. The molecule has 9 heteroatoms. The molecule has 268 valence electrons. The molecule has 0 aromatic heterocycles. The molecule has 2 aliphatic heterocycles. The van der Waals surface area contributed by atoms with Crippen molar-refractivity contribution in [3.05, 3.63) is 46.3 Å². The summed E-state index contributed by atoms with van der Waals surface area (Å²) in [4.78, 5) is 25.3. The van der Waals surface area contributed by atoms with E-state index in [4.69, 9.17) is 10.5 Å². The number of unbranched alkanes of at least 4 members (excludes halogenated alkanes) is 1. The first-order valence-electron chi connectivity index (χ1n) is 18.6. The summed E-state index contributed by atoms with van der Waals surface area (Å²) in [6, 6.07) is 3.83. The number of aromatic hydroxyl groups is 1. The number of Topliss-reactive ketones (excluding diaryl/α,β-unsaturated/α-hetero) is 2. The molecule has 1 saturated carbocycles. The number of allylic oxidation sites excluding steroid dienone is 2. The molecule has 0 amide bonds. The van der Waals surface area contributed by atoms with Gasteiger partial charge in [-0.3, -0.25) is 9.59 Å². The zero-order chi connectivity index (χ0) is 34.9. The fraction of sp³-hybridized carbons (Fsp3) is 0.650. The lowest BCUT2D eigenvalue weighted by Gasteiger charge is -2.39. The Hall–Kier alpha value is -3.32. The van der Waals surface area contributed by atoms with Crippen molar-refractivity contribution in [3.8, 4) is 23.3 Å². The number of dihydropyridines is 1. The number of nitrogens with one attached hydrogen (secondary N) is 2. The molecule has 1 aromatic carbocycles. The predicted molar refractivity (Wildman–Crippen MR) is 191 cm³/mol. The molecule has 2 heterocycles. The molecule has 0 radical (unpaired) electrons. The number of piperidine rings is 1. The predicted octanol–water partition coefficient (Wildman–Crippen LogP) is 4.92. The van der Waals surface area contributed by atoms with E-state index in [-0.39, 0.29) is 23.9 Å². The van der Waals surface area contributed by atoms with Gasteiger partial charge in [-0.15, -0.1) is 0 Å². The van der Waals surface area contributed by atoms with Crippen molar-refractivity contribution in [2.24, 2.45) is 23.5 Å². The summed E-state index contributed by atoms with van der Waals surface area (Å²) < 4.78 is 5.39. The molecule has 5 rings (SSSR count). The van der Waals surface area contributed by atoms with Crippen molar-refractivity contribution in [3.63, 3.8) is 0 Å². The average molecular weight is 676 g/mol. The maximum Gasteiger partial charge on any atom is 0.160 e. The number of carbonyl (C=O) groups is 2. The third-order valence-electron chi connectivity index (χ3n) is 11.3. The molecule has 7 N–H and O–H groups in total. The van der Waals surface area contributed by atoms with Gasteiger partial charge in [0.1, 0.15) is 11.7 Å². The van der Waals surface area contributed by atoms with Gasteiger partial charge >= 0.3 is 0 Å². The average Bonchev–Trinajstić information content (AvgIpc) is 3.15. The van der Waals surface area contributed by atoms with Crippen LogP contribution < -0.4 is 21.1 Å². The molecular formula is C40H57N3O6. The minimum Gasteiger partial charge on any atom is -0.504 e. The highest BCUT2D eigenvalue weighted by atomic mass is 16.5. The number of hydrogen-bond donors (Lipinski definition) is 6. The Morgan fingerprint density at radius 3 is 2.69 bits per heavy atom. The van der Waals surface area contributed by atoms with Gasteiger partial charge in [0.05, 0.1) is 25.1 Å². The number of aliphatic hydroxyl groups is 2. The highest BCUT2D eigenvalue weighted by Gasteiger charge is 2.34. The Bertz CT molecular complexity index is 1460. The molecule has 49 heavy (non-hydrogen) atoms. The van der Waals surface area contributed by atoms with Crippen molar-refractivity contribution >= 4 is 11.6 Å². The van der Waals surface area contributed by atoms with Gasteiger partial charge in [-0.1, -0.05) is 31.6 Å². The van der Waals surface area contributed by atoms with E-state index in [0.29, 0.717) is 80.2 Å². The number of benzene rings is 1. The number of phenols is 1. The molecule has 9 nitrogen and oxygen atoms in total. The SMILES string of the molecule is CCC1=C(CC[C@H](O)CC[C@@H]2C#C[C@H]([C@H](O)CCCC[C@@H]3CN[C@@H]4CC(=O)CC[C@@H]4C3)C(=O)CCc3cc(OC)c(O)cc32)C=C(N)NC1. The standard InChI is InChI=1S/C40H57N3O6/c1-3-26-24-43-40(41)20-28(26)9-14-31(44)13-8-27-11-16-33(37(47)17-12-29-19-39(49-2)38(48)22-34(27)29)36(46)7-5-4-6-25-18-30-10-15-32(45)21-35(30)42-23-25/h19-20,22,25,27,30-31,33,35-36,42-44,46,48H,3-10,12-15,17-18,21,23-24,41H2,1-2H3/t25-,27+,30+,31+,33+,35+,36+/m0/s1. The molecule has 0 unspecified atom stereocenters. The monoisotopic (exact) mass is 675 g/mol. The number of phenolic OH excluding ortho intramolecular Hbond substituents is 1. The van der Waals surface area contributed by atoms with Crippen LogP contribution in [0.1, 0.15) is 114 Å². The molecule has 1 saturated heterocycles. The number of methoxy groups -OCH3 is 1. The van der Waals surface area contributed by atoms with Crippen LogP contribution >= 0.6 is 0 Å². The number of nitrogens with two attached hydrogens (primary N) is 1. The van der Waals surface area contributed by atoms with Crippen molar-refractivity contribution in [2.45, 2.75) is 127 Å². The number of aliphatic hydroxyl groups excluding tert-OH is 2. The van der Waals surface area contributed by atoms with Crippen molar-refractivity contribution in [1.82, 2.24) is 10.6 Å². The van der Waals surface area contributed by atoms with E-state index in [9.17, 15) is 24.9 Å². The van der Waals surface area contributed by atoms with Crippen LogP contribution in [0.5, 0.6) is 11.5 Å². The zero-order valence-corrected chi connectivity index (χ0v) is 29.4. The Morgan fingerprint density at radius 2 is 1.90 bits per heavy atom. The quantitative estimate of drug-likeness (QED) is 0.119. The van der Waals surface area contributed by atoms with Crippen LogP contribution in [0.4, 0.5) is 0 Å². The van der Waals surface area contributed by atoms with Gasteiger partial charge in [0.15, 0.2) is 17.3 Å². The summed E-state index contributed by atoms with van der Waals surface area (Å²) in [5.41, 5.74) is 10.2. The van der Waals surface area contributed by atoms with Crippen molar-refractivity contribution < 1.29 is 29.6 Å². The second-order valence-electron chi connectivity index (χ2n) is 14.7. The van der Waals surface area contributed by atoms with Gasteiger partial charge in [-0.25, -0.2) is 0 Å². The third-order valence-corrected chi connectivity index (χ3v) is 11.3. The Morgan fingerprint density at radius 1 is 1.06 bits per heavy atom. The van der Waals surface area contributed by atoms with Gasteiger partial charge in [0.25, 0.3) is 0 Å². The first-order valence-corrected chi connectivity index (χ1v) is 18.6. The Labute approximate surface area is 292 Å². The lowest BCUT2D eigenvalue weighted by Crippen LogP contribution is -2.48. The van der Waals surface area contributed by atoms with Crippen LogP contribution in [0.25, 0.3) is 0 Å². The van der Waals surface area contributed by atoms with E-state index >= 15 is 0 Å². The van der Waals surface area contributed by atoms with Gasteiger partial charge in [0, 0.05) is 37.8 Å². The van der Waals surface area contributed by atoms with Crippen LogP contribution in [0.3, 0.4) is 0 Å².